The van der Waals surface area contributed by atoms with E-state index in [0.29, 0.717) is 0 Å². The van der Waals surface area contributed by atoms with Gasteiger partial charge in [-0.25, -0.2) is 4.57 Å². The lowest BCUT2D eigenvalue weighted by Crippen LogP contribution is -1.88. The molecule has 0 aliphatic heterocycles. The summed E-state index contributed by atoms with van der Waals surface area (Å²) >= 11 is 0. The minimum absolute atomic E-state index is 0. The van der Waals surface area contributed by atoms with Crippen molar-refractivity contribution in [3.05, 3.63) is 0 Å². The van der Waals surface area contributed by atoms with Gasteiger partial charge in [0, 0.05) is 21.3 Å². The summed E-state index contributed by atoms with van der Waals surface area (Å²) in [4.78, 5) is 21.7. The van der Waals surface area contributed by atoms with Crippen LogP contribution >= 0.6 is 26.3 Å². The van der Waals surface area contributed by atoms with Crippen molar-refractivity contribution in [3.8, 4) is 0 Å². The molecule has 0 aliphatic carbocycles. The van der Waals surface area contributed by atoms with Crippen LogP contribution in [0.1, 0.15) is 0 Å². The molecule has 0 aliphatic rings. The Morgan fingerprint density at radius 3 is 1.15 bits per heavy atom. The lowest BCUT2D eigenvalue weighted by Gasteiger charge is -2.08. The van der Waals surface area contributed by atoms with E-state index in [1.54, 1.807) is 0 Å². The summed E-state index contributed by atoms with van der Waals surface area (Å²) in [7, 11) is -2.01. The highest BCUT2D eigenvalue weighted by Gasteiger charge is 2.18. The van der Waals surface area contributed by atoms with Crippen molar-refractivity contribution >= 4 is 26.3 Å². The Hall–Kier alpha value is 0.850. The third-order valence-corrected chi connectivity index (χ3v) is 2.01. The van der Waals surface area contributed by atoms with Gasteiger partial charge in [0.05, 0.1) is 0 Å². The Morgan fingerprint density at radius 2 is 1.15 bits per heavy atom. The predicted molar refractivity (Wildman–Crippen MR) is 53.3 cm³/mol. The molecule has 0 spiro atoms. The summed E-state index contributed by atoms with van der Waals surface area (Å²) in [5, 5.41) is 0. The first-order valence-corrected chi connectivity index (χ1v) is 5.22. The molecule has 3 N–H and O–H groups in total. The lowest BCUT2D eigenvalue weighted by atomic mass is 11.8. The van der Waals surface area contributed by atoms with Gasteiger partial charge in [0.15, 0.2) is 0 Å². The molecular weight excluding hydrogens is 241 g/mol. The first-order chi connectivity index (χ1) is 5.41. The zero-order chi connectivity index (χ0) is 10.2. The van der Waals surface area contributed by atoms with Crippen LogP contribution in [0, 0.1) is 0 Å². The SMILES string of the molecule is COP(=O)(OC)OC.OP(O)O.P. The van der Waals surface area contributed by atoms with E-state index in [2.05, 4.69) is 13.6 Å². The van der Waals surface area contributed by atoms with Crippen molar-refractivity contribution < 1.29 is 32.8 Å². The monoisotopic (exact) mass is 256 g/mol. The first kappa shape index (κ1) is 19.4. The third kappa shape index (κ3) is 15.6. The molecule has 0 aromatic carbocycles. The van der Waals surface area contributed by atoms with Crippen LogP contribution in [0.3, 0.4) is 0 Å². The van der Waals surface area contributed by atoms with E-state index in [4.69, 9.17) is 14.7 Å². The molecule has 0 bridgehead atoms. The molecule has 0 fully saturated rings. The molecule has 84 valence electrons. The minimum atomic E-state index is -3.16. The average Bonchev–Trinajstić information content (AvgIpc) is 2.02. The number of hydrogen-bond donors (Lipinski definition) is 3. The molecule has 0 saturated carbocycles. The van der Waals surface area contributed by atoms with E-state index < -0.39 is 16.4 Å². The smallest absolute Gasteiger partial charge is 0.328 e. The second kappa shape index (κ2) is 10.9. The Morgan fingerprint density at radius 1 is 1.00 bits per heavy atom. The standard InChI is InChI=1S/C3H9O4P.H3O3P.H3P/c1-5-8(4,6-2)7-3;1-4(2)3;/h1-3H3;1-3H;1H3. The average molecular weight is 256 g/mol. The van der Waals surface area contributed by atoms with Gasteiger partial charge < -0.3 is 14.7 Å². The van der Waals surface area contributed by atoms with Crippen LogP contribution in [0.25, 0.3) is 0 Å². The van der Waals surface area contributed by atoms with E-state index in [-0.39, 0.29) is 9.90 Å². The predicted octanol–water partition coefficient (Wildman–Crippen LogP) is 0.282. The van der Waals surface area contributed by atoms with Gasteiger partial charge in [-0.05, 0) is 0 Å². The van der Waals surface area contributed by atoms with E-state index in [1.807, 2.05) is 0 Å². The molecule has 1 unspecified atom stereocenters. The molecule has 7 nitrogen and oxygen atoms in total. The highest BCUT2D eigenvalue weighted by atomic mass is 31.2. The quantitative estimate of drug-likeness (QED) is 0.623. The maximum absolute atomic E-state index is 10.7. The van der Waals surface area contributed by atoms with Gasteiger partial charge in [-0.3, -0.25) is 13.6 Å². The van der Waals surface area contributed by atoms with E-state index >= 15 is 0 Å². The molecule has 0 amide bonds. The lowest BCUT2D eigenvalue weighted by molar-refractivity contribution is 0.178. The van der Waals surface area contributed by atoms with Crippen molar-refractivity contribution in [3.63, 3.8) is 0 Å². The van der Waals surface area contributed by atoms with Gasteiger partial charge in [0.25, 0.3) is 0 Å². The van der Waals surface area contributed by atoms with Gasteiger partial charge in [-0.15, -0.1) is 0 Å². The minimum Gasteiger partial charge on any atom is -0.328 e. The molecule has 0 rings (SSSR count). The van der Waals surface area contributed by atoms with Crippen molar-refractivity contribution in [2.45, 2.75) is 0 Å². The fourth-order valence-electron chi connectivity index (χ4n) is 0.224. The Labute approximate surface area is 81.3 Å². The van der Waals surface area contributed by atoms with Crippen LogP contribution in [0.5, 0.6) is 0 Å². The molecule has 0 aromatic heterocycles. The van der Waals surface area contributed by atoms with Crippen LogP contribution in [-0.4, -0.2) is 36.0 Å². The molecule has 0 saturated heterocycles. The maximum atomic E-state index is 10.7. The molecule has 0 radical (unpaired) electrons. The second-order valence-electron chi connectivity index (χ2n) is 1.26. The summed E-state index contributed by atoms with van der Waals surface area (Å²) in [5.41, 5.74) is 0. The van der Waals surface area contributed by atoms with Crippen LogP contribution in [0.2, 0.25) is 0 Å². The third-order valence-electron chi connectivity index (χ3n) is 0.671. The first-order valence-electron chi connectivity index (χ1n) is 2.56. The largest absolute Gasteiger partial charge is 0.473 e. The van der Waals surface area contributed by atoms with Gasteiger partial charge in [0.2, 0.25) is 0 Å². The van der Waals surface area contributed by atoms with Gasteiger partial charge >= 0.3 is 16.4 Å². The maximum Gasteiger partial charge on any atom is 0.473 e. The molecule has 13 heavy (non-hydrogen) atoms. The molecule has 10 heteroatoms. The zero-order valence-electron chi connectivity index (χ0n) is 7.58. The Bertz CT molecular complexity index is 117. The van der Waals surface area contributed by atoms with Crippen LogP contribution in [-0.2, 0) is 18.1 Å². The number of phosphoric acid groups is 1. The molecule has 0 heterocycles. The molecule has 1 atom stereocenters. The molecule has 0 aromatic rings. The van der Waals surface area contributed by atoms with Crippen LogP contribution in [0.15, 0.2) is 0 Å². The summed E-state index contributed by atoms with van der Waals surface area (Å²) < 4.78 is 23.7. The fourth-order valence-corrected chi connectivity index (χ4v) is 0.671. The highest BCUT2D eigenvalue weighted by molar-refractivity contribution is 7.48. The van der Waals surface area contributed by atoms with Gasteiger partial charge in [0.1, 0.15) is 0 Å². The number of phosphoric ester groups is 1. The van der Waals surface area contributed by atoms with E-state index in [1.165, 1.54) is 21.3 Å². The van der Waals surface area contributed by atoms with Crippen molar-refractivity contribution in [2.75, 3.05) is 21.3 Å². The second-order valence-corrected chi connectivity index (χ2v) is 3.79. The normalized spacial score (nSPS) is 10.1. The number of hydrogen-bond acceptors (Lipinski definition) is 7. The van der Waals surface area contributed by atoms with Crippen molar-refractivity contribution in [1.82, 2.24) is 0 Å². The Kier molecular flexibility index (Phi) is 16.3. The molecular formula is C3H15O7P3. The summed E-state index contributed by atoms with van der Waals surface area (Å²) in [6, 6.07) is 0. The van der Waals surface area contributed by atoms with E-state index in [9.17, 15) is 4.57 Å². The van der Waals surface area contributed by atoms with Crippen LogP contribution < -0.4 is 0 Å². The summed E-state index contributed by atoms with van der Waals surface area (Å²) in [6.45, 7) is 0. The highest BCUT2D eigenvalue weighted by Crippen LogP contribution is 2.46. The van der Waals surface area contributed by atoms with Crippen molar-refractivity contribution in [2.24, 2.45) is 0 Å². The van der Waals surface area contributed by atoms with Crippen LogP contribution in [0.4, 0.5) is 0 Å². The fraction of sp³-hybridized carbons (Fsp3) is 1.00. The number of rotatable bonds is 3. The zero-order valence-corrected chi connectivity index (χ0v) is 10.8. The van der Waals surface area contributed by atoms with Gasteiger partial charge in [-0.1, -0.05) is 0 Å². The van der Waals surface area contributed by atoms with E-state index in [0.717, 1.165) is 0 Å². The topological polar surface area (TPSA) is 105 Å². The summed E-state index contributed by atoms with van der Waals surface area (Å²) in [6.07, 6.45) is 0. The Balaban J connectivity index is -0.000000173. The van der Waals surface area contributed by atoms with Gasteiger partial charge in [-0.2, -0.15) is 9.90 Å². The van der Waals surface area contributed by atoms with Crippen molar-refractivity contribution in [1.29, 1.82) is 0 Å². The summed E-state index contributed by atoms with van der Waals surface area (Å²) in [5.74, 6) is 0.